The molecule has 1 aromatic carbocycles. The Bertz CT molecular complexity index is 722. The number of hydrogen-bond donors (Lipinski definition) is 2. The second-order valence-electron chi connectivity index (χ2n) is 6.89. The number of ether oxygens (including phenoxy) is 3. The van der Waals surface area contributed by atoms with Crippen LogP contribution >= 0.6 is 0 Å². The third kappa shape index (κ3) is 3.50. The number of nitrogens with zero attached hydrogens (tertiary/aromatic N) is 1. The highest BCUT2D eigenvalue weighted by Crippen LogP contribution is 2.38. The quantitative estimate of drug-likeness (QED) is 0.603. The zero-order valence-electron chi connectivity index (χ0n) is 15.1. The highest BCUT2D eigenvalue weighted by Gasteiger charge is 2.53. The monoisotopic (exact) mass is 365 g/mol. The molecule has 2 aliphatic heterocycles. The molecule has 2 unspecified atom stereocenters. The number of benzene rings is 1. The van der Waals surface area contributed by atoms with Crippen LogP contribution in [0.3, 0.4) is 0 Å². The van der Waals surface area contributed by atoms with Crippen molar-refractivity contribution in [2.75, 3.05) is 18.9 Å². The Labute approximate surface area is 151 Å². The number of rotatable bonds is 5. The fraction of sp³-hybridized carbons (Fsp3) is 0.588. The average Bonchev–Trinajstić information content (AvgIpc) is 3.06. The third-order valence-electron chi connectivity index (χ3n) is 4.56. The molecule has 2 aliphatic rings. The van der Waals surface area contributed by atoms with Gasteiger partial charge in [0.15, 0.2) is 5.79 Å². The fourth-order valence-corrected chi connectivity index (χ4v) is 3.39. The van der Waals surface area contributed by atoms with Crippen molar-refractivity contribution in [1.29, 1.82) is 0 Å². The van der Waals surface area contributed by atoms with Gasteiger partial charge in [-0.05, 0) is 32.9 Å². The lowest BCUT2D eigenvalue weighted by Gasteiger charge is -2.23. The predicted octanol–water partition coefficient (Wildman–Crippen LogP) is 1.67. The summed E-state index contributed by atoms with van der Waals surface area (Å²) in [5, 5.41) is 16.9. The SMILES string of the molecule is CNC(=O)c1ccc(NCC2O[C@@H](C)C3OC(C)(C)O[C@H]23)c([N+](=O)[O-])c1. The van der Waals surface area contributed by atoms with Crippen LogP contribution in [0.2, 0.25) is 0 Å². The van der Waals surface area contributed by atoms with E-state index in [1.807, 2.05) is 20.8 Å². The van der Waals surface area contributed by atoms with E-state index in [9.17, 15) is 14.9 Å². The molecule has 0 bridgehead atoms. The zero-order chi connectivity index (χ0) is 19.1. The molecule has 0 aromatic heterocycles. The van der Waals surface area contributed by atoms with Gasteiger partial charge in [-0.15, -0.1) is 0 Å². The number of amides is 1. The third-order valence-corrected chi connectivity index (χ3v) is 4.56. The molecule has 2 fully saturated rings. The second kappa shape index (κ2) is 6.82. The number of carbonyl (C=O) groups excluding carboxylic acids is 1. The van der Waals surface area contributed by atoms with Gasteiger partial charge in [0, 0.05) is 25.2 Å². The summed E-state index contributed by atoms with van der Waals surface area (Å²) in [5.41, 5.74) is 0.378. The normalized spacial score (nSPS) is 29.2. The first kappa shape index (κ1) is 18.6. The molecule has 142 valence electrons. The summed E-state index contributed by atoms with van der Waals surface area (Å²) in [6, 6.07) is 4.31. The van der Waals surface area contributed by atoms with Crippen molar-refractivity contribution < 1.29 is 23.9 Å². The molecular formula is C17H23N3O6. The highest BCUT2D eigenvalue weighted by atomic mass is 16.8. The number of hydrogen-bond acceptors (Lipinski definition) is 7. The van der Waals surface area contributed by atoms with Crippen molar-refractivity contribution in [3.63, 3.8) is 0 Å². The van der Waals surface area contributed by atoms with Crippen molar-refractivity contribution in [2.45, 2.75) is 51.0 Å². The molecule has 0 saturated carbocycles. The van der Waals surface area contributed by atoms with E-state index in [-0.39, 0.29) is 41.6 Å². The van der Waals surface area contributed by atoms with Gasteiger partial charge in [-0.25, -0.2) is 0 Å². The van der Waals surface area contributed by atoms with E-state index in [4.69, 9.17) is 14.2 Å². The number of nitro groups is 1. The molecule has 2 heterocycles. The molecule has 9 nitrogen and oxygen atoms in total. The van der Waals surface area contributed by atoms with Gasteiger partial charge >= 0.3 is 0 Å². The Morgan fingerprint density at radius 3 is 2.65 bits per heavy atom. The molecule has 9 heteroatoms. The van der Waals surface area contributed by atoms with Crippen LogP contribution in [0.15, 0.2) is 18.2 Å². The van der Waals surface area contributed by atoms with Gasteiger partial charge in [0.25, 0.3) is 11.6 Å². The first-order valence-electron chi connectivity index (χ1n) is 8.47. The summed E-state index contributed by atoms with van der Waals surface area (Å²) in [5.74, 6) is -1.05. The average molecular weight is 365 g/mol. The molecular weight excluding hydrogens is 342 g/mol. The Morgan fingerprint density at radius 2 is 2.00 bits per heavy atom. The summed E-state index contributed by atoms with van der Waals surface area (Å²) in [4.78, 5) is 22.5. The van der Waals surface area contributed by atoms with Gasteiger partial charge in [-0.1, -0.05) is 0 Å². The number of carbonyl (C=O) groups is 1. The summed E-state index contributed by atoms with van der Waals surface area (Å²) in [6.45, 7) is 5.95. The van der Waals surface area contributed by atoms with E-state index in [2.05, 4.69) is 10.6 Å². The topological polar surface area (TPSA) is 112 Å². The number of fused-ring (bicyclic) bond motifs is 1. The lowest BCUT2D eigenvalue weighted by molar-refractivity contribution is -0.384. The minimum atomic E-state index is -0.674. The molecule has 4 atom stereocenters. The van der Waals surface area contributed by atoms with Crippen LogP contribution in [-0.4, -0.2) is 54.6 Å². The van der Waals surface area contributed by atoms with Crippen molar-refractivity contribution >= 4 is 17.3 Å². The van der Waals surface area contributed by atoms with Crippen LogP contribution in [0.5, 0.6) is 0 Å². The first-order valence-corrected chi connectivity index (χ1v) is 8.47. The maximum absolute atomic E-state index is 11.7. The van der Waals surface area contributed by atoms with E-state index in [0.29, 0.717) is 12.2 Å². The van der Waals surface area contributed by atoms with Gasteiger partial charge in [0.1, 0.15) is 24.0 Å². The number of nitrogens with one attached hydrogen (secondary N) is 2. The highest BCUT2D eigenvalue weighted by molar-refractivity contribution is 5.95. The van der Waals surface area contributed by atoms with E-state index >= 15 is 0 Å². The number of anilines is 1. The maximum atomic E-state index is 11.7. The first-order chi connectivity index (χ1) is 12.2. The molecule has 2 saturated heterocycles. The van der Waals surface area contributed by atoms with Gasteiger partial charge < -0.3 is 24.8 Å². The minimum absolute atomic E-state index is 0.126. The van der Waals surface area contributed by atoms with E-state index in [1.165, 1.54) is 25.2 Å². The second-order valence-corrected chi connectivity index (χ2v) is 6.89. The van der Waals surface area contributed by atoms with E-state index < -0.39 is 10.7 Å². The summed E-state index contributed by atoms with van der Waals surface area (Å²) >= 11 is 0. The number of nitro benzene ring substituents is 1. The molecule has 0 spiro atoms. The Kier molecular flexibility index (Phi) is 4.87. The molecule has 0 radical (unpaired) electrons. The van der Waals surface area contributed by atoms with Crippen molar-refractivity contribution in [1.82, 2.24) is 5.32 Å². The fourth-order valence-electron chi connectivity index (χ4n) is 3.39. The van der Waals surface area contributed by atoms with Crippen LogP contribution < -0.4 is 10.6 Å². The maximum Gasteiger partial charge on any atom is 0.293 e. The lowest BCUT2D eigenvalue weighted by atomic mass is 10.1. The summed E-state index contributed by atoms with van der Waals surface area (Å²) < 4.78 is 17.6. The molecule has 3 rings (SSSR count). The predicted molar refractivity (Wildman–Crippen MR) is 93.1 cm³/mol. The summed E-state index contributed by atoms with van der Waals surface area (Å²) in [6.07, 6.45) is -0.826. The Hall–Kier alpha value is -2.23. The van der Waals surface area contributed by atoms with Crippen LogP contribution in [0.25, 0.3) is 0 Å². The van der Waals surface area contributed by atoms with Crippen molar-refractivity contribution in [2.24, 2.45) is 0 Å². The van der Waals surface area contributed by atoms with Crippen LogP contribution in [0.4, 0.5) is 11.4 Å². The Morgan fingerprint density at radius 1 is 1.31 bits per heavy atom. The van der Waals surface area contributed by atoms with Gasteiger partial charge in [0.05, 0.1) is 11.0 Å². The molecule has 1 amide bonds. The lowest BCUT2D eigenvalue weighted by Crippen LogP contribution is -2.34. The standard InChI is InChI=1S/C17H23N3O6/c1-9-14-15(26-17(2,3)25-14)13(24-9)8-19-11-6-5-10(16(21)18-4)7-12(11)20(22)23/h5-7,9,13-15,19H,8H2,1-4H3,(H,18,21)/t9-,13?,14?,15+/m0/s1. The molecule has 0 aliphatic carbocycles. The Balaban J connectivity index is 1.73. The molecule has 2 N–H and O–H groups in total. The van der Waals surface area contributed by atoms with E-state index in [0.717, 1.165) is 0 Å². The van der Waals surface area contributed by atoms with Crippen LogP contribution in [-0.2, 0) is 14.2 Å². The van der Waals surface area contributed by atoms with Gasteiger partial charge in [0.2, 0.25) is 0 Å². The van der Waals surface area contributed by atoms with Crippen LogP contribution in [0, 0.1) is 10.1 Å². The van der Waals surface area contributed by atoms with Gasteiger partial charge in [-0.3, -0.25) is 14.9 Å². The zero-order valence-corrected chi connectivity index (χ0v) is 15.1. The van der Waals surface area contributed by atoms with Crippen LogP contribution in [0.1, 0.15) is 31.1 Å². The minimum Gasteiger partial charge on any atom is -0.377 e. The molecule has 1 aromatic rings. The molecule has 26 heavy (non-hydrogen) atoms. The van der Waals surface area contributed by atoms with Gasteiger partial charge in [-0.2, -0.15) is 0 Å². The smallest absolute Gasteiger partial charge is 0.293 e. The summed E-state index contributed by atoms with van der Waals surface area (Å²) in [7, 11) is 1.47. The van der Waals surface area contributed by atoms with Crippen molar-refractivity contribution in [3.05, 3.63) is 33.9 Å². The largest absolute Gasteiger partial charge is 0.377 e. The van der Waals surface area contributed by atoms with Crippen molar-refractivity contribution in [3.8, 4) is 0 Å². The van der Waals surface area contributed by atoms with E-state index in [1.54, 1.807) is 0 Å².